The number of anilines is 1. The second-order valence-electron chi connectivity index (χ2n) is 9.23. The number of amides is 2. The molecule has 5 nitrogen and oxygen atoms in total. The lowest BCUT2D eigenvalue weighted by Crippen LogP contribution is -2.40. The van der Waals surface area contributed by atoms with Gasteiger partial charge in [-0.2, -0.15) is 13.2 Å². The Morgan fingerprint density at radius 2 is 1.59 bits per heavy atom. The molecule has 1 heterocycles. The Hall–Kier alpha value is -3.03. The van der Waals surface area contributed by atoms with Gasteiger partial charge in [-0.15, -0.1) is 0 Å². The van der Waals surface area contributed by atoms with Gasteiger partial charge in [-0.1, -0.05) is 37.5 Å². The summed E-state index contributed by atoms with van der Waals surface area (Å²) >= 11 is 0. The molecule has 1 aliphatic carbocycles. The average molecular weight is 474 g/mol. The summed E-state index contributed by atoms with van der Waals surface area (Å²) in [6.07, 6.45) is 2.17. The number of rotatable bonds is 6. The Morgan fingerprint density at radius 3 is 2.18 bits per heavy atom. The number of halogens is 3. The molecule has 0 spiro atoms. The smallest absolute Gasteiger partial charge is 0.372 e. The molecule has 1 aliphatic heterocycles. The summed E-state index contributed by atoms with van der Waals surface area (Å²) in [5.41, 5.74) is 5.26. The predicted octanol–water partition coefficient (Wildman–Crippen LogP) is 4.99. The van der Waals surface area contributed by atoms with Crippen molar-refractivity contribution >= 4 is 17.5 Å². The van der Waals surface area contributed by atoms with Gasteiger partial charge in [0.2, 0.25) is 11.8 Å². The zero-order valence-electron chi connectivity index (χ0n) is 19.0. The van der Waals surface area contributed by atoms with Crippen LogP contribution < -0.4 is 16.0 Å². The minimum atomic E-state index is -4.75. The van der Waals surface area contributed by atoms with Crippen LogP contribution in [-0.2, 0) is 11.0 Å². The van der Waals surface area contributed by atoms with Gasteiger partial charge in [-0.3, -0.25) is 9.59 Å². The molecular weight excluding hydrogens is 443 g/mol. The van der Waals surface area contributed by atoms with Crippen molar-refractivity contribution in [3.8, 4) is 0 Å². The van der Waals surface area contributed by atoms with Crippen molar-refractivity contribution < 1.29 is 22.8 Å². The van der Waals surface area contributed by atoms with Crippen LogP contribution in [0, 0.1) is 0 Å². The van der Waals surface area contributed by atoms with E-state index in [0.29, 0.717) is 5.56 Å². The number of carbonyl (C=O) groups is 2. The standard InChI is InChI=1S/C26H30F3N3O2/c27-26(28,29)22-16-18(24(30)33)10-13-21(22)23(25(34)31-19-6-2-1-3-7-19)17-8-11-20(12-9-17)32-14-4-5-15-32/h8-13,16,19,23H,1-7,14-15H2,(H2,30,33)(H,31,34). The molecule has 34 heavy (non-hydrogen) atoms. The van der Waals surface area contributed by atoms with Crippen molar-refractivity contribution in [3.05, 3.63) is 64.7 Å². The van der Waals surface area contributed by atoms with E-state index < -0.39 is 29.5 Å². The highest BCUT2D eigenvalue weighted by Gasteiger charge is 2.38. The van der Waals surface area contributed by atoms with Crippen molar-refractivity contribution in [1.82, 2.24) is 5.32 Å². The van der Waals surface area contributed by atoms with E-state index in [1.54, 1.807) is 12.1 Å². The van der Waals surface area contributed by atoms with E-state index in [-0.39, 0.29) is 17.2 Å². The van der Waals surface area contributed by atoms with Crippen molar-refractivity contribution in [2.24, 2.45) is 5.73 Å². The number of carbonyl (C=O) groups excluding carboxylic acids is 2. The third-order valence-corrected chi connectivity index (χ3v) is 6.87. The Morgan fingerprint density at radius 1 is 0.941 bits per heavy atom. The number of primary amides is 1. The lowest BCUT2D eigenvalue weighted by Gasteiger charge is -2.28. The van der Waals surface area contributed by atoms with Gasteiger partial charge in [0.15, 0.2) is 0 Å². The summed E-state index contributed by atoms with van der Waals surface area (Å²) in [6.45, 7) is 1.88. The van der Waals surface area contributed by atoms with Crippen LogP contribution in [-0.4, -0.2) is 30.9 Å². The normalized spacial score (nSPS) is 18.0. The SMILES string of the molecule is NC(=O)c1ccc(C(C(=O)NC2CCCCC2)c2ccc(N3CCCC3)cc2)c(C(F)(F)F)c1. The Labute approximate surface area is 197 Å². The molecule has 0 aromatic heterocycles. The van der Waals surface area contributed by atoms with Gasteiger partial charge in [0.05, 0.1) is 11.5 Å². The average Bonchev–Trinajstić information content (AvgIpc) is 3.35. The van der Waals surface area contributed by atoms with Gasteiger partial charge < -0.3 is 16.0 Å². The fraction of sp³-hybridized carbons (Fsp3) is 0.462. The lowest BCUT2D eigenvalue weighted by molar-refractivity contribution is -0.138. The van der Waals surface area contributed by atoms with Gasteiger partial charge in [-0.25, -0.2) is 0 Å². The zero-order valence-corrected chi connectivity index (χ0v) is 19.0. The molecular formula is C26H30F3N3O2. The van der Waals surface area contributed by atoms with Crippen molar-refractivity contribution in [2.75, 3.05) is 18.0 Å². The zero-order chi connectivity index (χ0) is 24.3. The summed E-state index contributed by atoms with van der Waals surface area (Å²) < 4.78 is 42.2. The van der Waals surface area contributed by atoms with Crippen molar-refractivity contribution in [2.45, 2.75) is 63.1 Å². The van der Waals surface area contributed by atoms with E-state index in [2.05, 4.69) is 10.2 Å². The van der Waals surface area contributed by atoms with Crippen LogP contribution in [0.4, 0.5) is 18.9 Å². The van der Waals surface area contributed by atoms with Gasteiger partial charge in [0, 0.05) is 30.4 Å². The summed E-state index contributed by atoms with van der Waals surface area (Å²) in [5.74, 6) is -2.57. The first-order valence-electron chi connectivity index (χ1n) is 11.9. The van der Waals surface area contributed by atoms with Crippen LogP contribution in [0.3, 0.4) is 0 Å². The highest BCUT2D eigenvalue weighted by molar-refractivity contribution is 5.94. The summed E-state index contributed by atoms with van der Waals surface area (Å²) in [7, 11) is 0. The van der Waals surface area contributed by atoms with Crippen molar-refractivity contribution in [3.63, 3.8) is 0 Å². The maximum atomic E-state index is 14.1. The minimum Gasteiger partial charge on any atom is -0.372 e. The Kier molecular flexibility index (Phi) is 7.14. The Balaban J connectivity index is 1.74. The lowest BCUT2D eigenvalue weighted by atomic mass is 9.85. The first-order chi connectivity index (χ1) is 16.2. The second-order valence-corrected chi connectivity index (χ2v) is 9.23. The monoisotopic (exact) mass is 473 g/mol. The molecule has 0 radical (unpaired) electrons. The number of alkyl halides is 3. The Bertz CT molecular complexity index is 1020. The molecule has 1 atom stereocenters. The van der Waals surface area contributed by atoms with E-state index >= 15 is 0 Å². The van der Waals surface area contributed by atoms with Crippen LogP contribution in [0.1, 0.15) is 77.9 Å². The first-order valence-corrected chi connectivity index (χ1v) is 11.9. The molecule has 182 valence electrons. The first kappa shape index (κ1) is 24.1. The largest absolute Gasteiger partial charge is 0.416 e. The molecule has 0 bridgehead atoms. The maximum Gasteiger partial charge on any atom is 0.416 e. The quantitative estimate of drug-likeness (QED) is 0.621. The van der Waals surface area contributed by atoms with Gasteiger partial charge in [0.25, 0.3) is 0 Å². The minimum absolute atomic E-state index is 0.0492. The van der Waals surface area contributed by atoms with Crippen LogP contribution >= 0.6 is 0 Å². The molecule has 4 rings (SSSR count). The van der Waals surface area contributed by atoms with E-state index in [4.69, 9.17) is 5.73 Å². The molecule has 8 heteroatoms. The topological polar surface area (TPSA) is 75.4 Å². The number of nitrogens with zero attached hydrogens (tertiary/aromatic N) is 1. The third-order valence-electron chi connectivity index (χ3n) is 6.87. The van der Waals surface area contributed by atoms with Crippen LogP contribution in [0.5, 0.6) is 0 Å². The molecule has 2 fully saturated rings. The van der Waals surface area contributed by atoms with E-state index in [1.807, 2.05) is 12.1 Å². The maximum absolute atomic E-state index is 14.1. The van der Waals surface area contributed by atoms with Gasteiger partial charge in [-0.05, 0) is 61.1 Å². The van der Waals surface area contributed by atoms with E-state index in [1.165, 1.54) is 12.1 Å². The van der Waals surface area contributed by atoms with Crippen LogP contribution in [0.25, 0.3) is 0 Å². The fourth-order valence-electron chi connectivity index (χ4n) is 5.06. The molecule has 2 aromatic carbocycles. The fourth-order valence-corrected chi connectivity index (χ4v) is 5.06. The highest BCUT2D eigenvalue weighted by Crippen LogP contribution is 2.39. The van der Waals surface area contributed by atoms with E-state index in [0.717, 1.165) is 69.8 Å². The van der Waals surface area contributed by atoms with Gasteiger partial charge in [0.1, 0.15) is 0 Å². The third kappa shape index (κ3) is 5.37. The molecule has 1 saturated heterocycles. The number of nitrogens with two attached hydrogens (primary N) is 1. The number of hydrogen-bond donors (Lipinski definition) is 2. The molecule has 2 aromatic rings. The van der Waals surface area contributed by atoms with E-state index in [9.17, 15) is 22.8 Å². The van der Waals surface area contributed by atoms with Crippen LogP contribution in [0.2, 0.25) is 0 Å². The second kappa shape index (κ2) is 10.1. The molecule has 1 saturated carbocycles. The summed E-state index contributed by atoms with van der Waals surface area (Å²) in [6, 6.07) is 10.4. The van der Waals surface area contributed by atoms with Gasteiger partial charge >= 0.3 is 6.18 Å². The summed E-state index contributed by atoms with van der Waals surface area (Å²) in [4.78, 5) is 27.3. The molecule has 2 aliphatic rings. The van der Waals surface area contributed by atoms with Crippen LogP contribution in [0.15, 0.2) is 42.5 Å². The molecule has 2 amide bonds. The number of benzene rings is 2. The number of nitrogens with one attached hydrogen (secondary N) is 1. The molecule has 1 unspecified atom stereocenters. The summed E-state index contributed by atoms with van der Waals surface area (Å²) in [5, 5.41) is 2.99. The van der Waals surface area contributed by atoms with Crippen molar-refractivity contribution in [1.29, 1.82) is 0 Å². The number of hydrogen-bond acceptors (Lipinski definition) is 3. The predicted molar refractivity (Wildman–Crippen MR) is 125 cm³/mol. The highest BCUT2D eigenvalue weighted by atomic mass is 19.4. The molecule has 3 N–H and O–H groups in total.